The zero-order valence-corrected chi connectivity index (χ0v) is 10.8. The van der Waals surface area contributed by atoms with E-state index in [1.807, 2.05) is 6.92 Å². The van der Waals surface area contributed by atoms with Gasteiger partial charge < -0.3 is 15.7 Å². The van der Waals surface area contributed by atoms with E-state index in [1.54, 1.807) is 18.2 Å². The monoisotopic (exact) mass is 276 g/mol. The van der Waals surface area contributed by atoms with E-state index in [2.05, 4.69) is 10.6 Å². The van der Waals surface area contributed by atoms with E-state index in [1.165, 1.54) is 0 Å². The van der Waals surface area contributed by atoms with E-state index in [0.29, 0.717) is 22.3 Å². The van der Waals surface area contributed by atoms with E-state index in [-0.39, 0.29) is 18.6 Å². The maximum Gasteiger partial charge on any atom is 0.319 e. The molecule has 0 spiro atoms. The first-order valence-corrected chi connectivity index (χ1v) is 5.89. The molecule has 0 aromatic heterocycles. The van der Waals surface area contributed by atoms with Crippen LogP contribution in [0, 0.1) is 5.92 Å². The topological polar surface area (TPSA) is 61.4 Å². The smallest absolute Gasteiger partial charge is 0.319 e. The summed E-state index contributed by atoms with van der Waals surface area (Å²) in [7, 11) is 0. The van der Waals surface area contributed by atoms with Crippen molar-refractivity contribution in [2.24, 2.45) is 5.92 Å². The second-order valence-corrected chi connectivity index (χ2v) is 4.59. The molecule has 94 valence electrons. The molecule has 0 aliphatic carbocycles. The van der Waals surface area contributed by atoms with Crippen LogP contribution in [-0.2, 0) is 0 Å². The number of nitrogens with one attached hydrogen (secondary N) is 2. The molecule has 1 unspecified atom stereocenters. The number of halogens is 2. The fourth-order valence-electron chi connectivity index (χ4n) is 1.09. The third-order valence-corrected chi connectivity index (χ3v) is 2.66. The van der Waals surface area contributed by atoms with Gasteiger partial charge in [0.2, 0.25) is 0 Å². The standard InChI is InChI=1S/C11H14Cl2N2O2/c1-7(6-16)5-14-11(17)15-10-4-8(12)2-3-9(10)13/h2-4,7,16H,5-6H2,1H3,(H2,14,15,17). The fraction of sp³-hybridized carbons (Fsp3) is 0.364. The predicted octanol–water partition coefficient (Wildman–Crippen LogP) is 2.74. The normalized spacial score (nSPS) is 12.0. The van der Waals surface area contributed by atoms with Crippen molar-refractivity contribution in [3.63, 3.8) is 0 Å². The van der Waals surface area contributed by atoms with Crippen LogP contribution in [0.25, 0.3) is 0 Å². The van der Waals surface area contributed by atoms with Gasteiger partial charge in [-0.1, -0.05) is 30.1 Å². The van der Waals surface area contributed by atoms with Gasteiger partial charge in [-0.25, -0.2) is 4.79 Å². The zero-order valence-electron chi connectivity index (χ0n) is 9.34. The molecule has 0 radical (unpaired) electrons. The third kappa shape index (κ3) is 4.81. The summed E-state index contributed by atoms with van der Waals surface area (Å²) in [6.07, 6.45) is 0. The molecule has 1 rings (SSSR count). The number of carbonyl (C=O) groups excluding carboxylic acids is 1. The van der Waals surface area contributed by atoms with Crippen LogP contribution in [0.3, 0.4) is 0 Å². The van der Waals surface area contributed by atoms with Gasteiger partial charge in [-0.2, -0.15) is 0 Å². The molecular formula is C11H14Cl2N2O2. The number of urea groups is 1. The second kappa shape index (κ2) is 6.69. The highest BCUT2D eigenvalue weighted by atomic mass is 35.5. The second-order valence-electron chi connectivity index (χ2n) is 3.75. The number of benzene rings is 1. The van der Waals surface area contributed by atoms with Crippen LogP contribution in [0.15, 0.2) is 18.2 Å². The Labute approximate surface area is 110 Å². The highest BCUT2D eigenvalue weighted by molar-refractivity contribution is 6.35. The van der Waals surface area contributed by atoms with Gasteiger partial charge in [0.15, 0.2) is 0 Å². The first kappa shape index (κ1) is 14.1. The molecule has 2 amide bonds. The zero-order chi connectivity index (χ0) is 12.8. The molecule has 0 bridgehead atoms. The maximum atomic E-state index is 11.5. The lowest BCUT2D eigenvalue weighted by Gasteiger charge is -2.11. The average Bonchev–Trinajstić information content (AvgIpc) is 2.30. The lowest BCUT2D eigenvalue weighted by molar-refractivity contribution is 0.227. The van der Waals surface area contributed by atoms with Gasteiger partial charge in [0.25, 0.3) is 0 Å². The van der Waals surface area contributed by atoms with Crippen LogP contribution in [-0.4, -0.2) is 24.3 Å². The van der Waals surface area contributed by atoms with Crippen LogP contribution in [0.2, 0.25) is 10.0 Å². The molecule has 1 aromatic carbocycles. The highest BCUT2D eigenvalue weighted by Gasteiger charge is 2.07. The summed E-state index contributed by atoms with van der Waals surface area (Å²) in [5.41, 5.74) is 0.452. The molecule has 0 saturated carbocycles. The summed E-state index contributed by atoms with van der Waals surface area (Å²) in [6, 6.07) is 4.43. The van der Waals surface area contributed by atoms with Gasteiger partial charge in [-0.15, -0.1) is 0 Å². The molecule has 0 heterocycles. The van der Waals surface area contributed by atoms with E-state index < -0.39 is 0 Å². The van der Waals surface area contributed by atoms with Gasteiger partial charge in [0.1, 0.15) is 0 Å². The summed E-state index contributed by atoms with van der Waals surface area (Å²) in [6.45, 7) is 2.24. The van der Waals surface area contributed by atoms with E-state index in [9.17, 15) is 4.79 Å². The number of rotatable bonds is 4. The molecule has 0 fully saturated rings. The molecule has 3 N–H and O–H groups in total. The van der Waals surface area contributed by atoms with Crippen LogP contribution < -0.4 is 10.6 Å². The van der Waals surface area contributed by atoms with Gasteiger partial charge >= 0.3 is 6.03 Å². The van der Waals surface area contributed by atoms with E-state index in [0.717, 1.165) is 0 Å². The van der Waals surface area contributed by atoms with E-state index >= 15 is 0 Å². The first-order valence-electron chi connectivity index (χ1n) is 5.13. The number of hydrogen-bond donors (Lipinski definition) is 3. The molecule has 17 heavy (non-hydrogen) atoms. The van der Waals surface area contributed by atoms with Crippen LogP contribution in [0.1, 0.15) is 6.92 Å². The van der Waals surface area contributed by atoms with Gasteiger partial charge in [-0.05, 0) is 24.1 Å². The minimum Gasteiger partial charge on any atom is -0.396 e. The molecule has 1 aromatic rings. The Balaban J connectivity index is 2.53. The molecule has 1 atom stereocenters. The maximum absolute atomic E-state index is 11.5. The van der Waals surface area contributed by atoms with Crippen LogP contribution >= 0.6 is 23.2 Å². The Bertz CT molecular complexity index is 399. The van der Waals surface area contributed by atoms with Crippen molar-refractivity contribution in [3.05, 3.63) is 28.2 Å². The Kier molecular flexibility index (Phi) is 5.55. The number of anilines is 1. The lowest BCUT2D eigenvalue weighted by atomic mass is 10.2. The van der Waals surface area contributed by atoms with Crippen molar-refractivity contribution in [1.82, 2.24) is 5.32 Å². The van der Waals surface area contributed by atoms with Crippen molar-refractivity contribution >= 4 is 34.9 Å². The SMILES string of the molecule is CC(CO)CNC(=O)Nc1cc(Cl)ccc1Cl. The molecular weight excluding hydrogens is 263 g/mol. The van der Waals surface area contributed by atoms with Gasteiger partial charge in [0, 0.05) is 18.2 Å². The van der Waals surface area contributed by atoms with Crippen molar-refractivity contribution in [3.8, 4) is 0 Å². The Morgan fingerprint density at radius 2 is 2.18 bits per heavy atom. The minimum absolute atomic E-state index is 0.00980. The largest absolute Gasteiger partial charge is 0.396 e. The van der Waals surface area contributed by atoms with Crippen molar-refractivity contribution in [2.45, 2.75) is 6.92 Å². The first-order chi connectivity index (χ1) is 8.02. The molecule has 0 saturated heterocycles. The quantitative estimate of drug-likeness (QED) is 0.792. The van der Waals surface area contributed by atoms with Crippen LogP contribution in [0.4, 0.5) is 10.5 Å². The average molecular weight is 277 g/mol. The number of aliphatic hydroxyl groups is 1. The predicted molar refractivity (Wildman–Crippen MR) is 69.7 cm³/mol. The Hall–Kier alpha value is -0.970. The fourth-order valence-corrected chi connectivity index (χ4v) is 1.43. The van der Waals surface area contributed by atoms with Gasteiger partial charge in [-0.3, -0.25) is 0 Å². The Morgan fingerprint density at radius 3 is 2.82 bits per heavy atom. The molecule has 4 nitrogen and oxygen atoms in total. The van der Waals surface area contributed by atoms with Gasteiger partial charge in [0.05, 0.1) is 10.7 Å². The van der Waals surface area contributed by atoms with E-state index in [4.69, 9.17) is 28.3 Å². The summed E-state index contributed by atoms with van der Waals surface area (Å²) in [5.74, 6) is 0.00980. The van der Waals surface area contributed by atoms with Crippen LogP contribution in [0.5, 0.6) is 0 Å². The van der Waals surface area contributed by atoms with Crippen molar-refractivity contribution in [1.29, 1.82) is 0 Å². The summed E-state index contributed by atoms with van der Waals surface area (Å²) < 4.78 is 0. The van der Waals surface area contributed by atoms with Crippen molar-refractivity contribution < 1.29 is 9.90 Å². The third-order valence-electron chi connectivity index (χ3n) is 2.10. The molecule has 6 heteroatoms. The highest BCUT2D eigenvalue weighted by Crippen LogP contribution is 2.25. The summed E-state index contributed by atoms with van der Waals surface area (Å²) >= 11 is 11.7. The Morgan fingerprint density at radius 1 is 1.47 bits per heavy atom. The number of carbonyl (C=O) groups is 1. The molecule has 0 aliphatic rings. The number of hydrogen-bond acceptors (Lipinski definition) is 2. The molecule has 0 aliphatic heterocycles. The lowest BCUT2D eigenvalue weighted by Crippen LogP contribution is -2.33. The number of amides is 2. The number of aliphatic hydroxyl groups excluding tert-OH is 1. The minimum atomic E-state index is -0.380. The summed E-state index contributed by atoms with van der Waals surface area (Å²) in [5, 5.41) is 14.9. The summed E-state index contributed by atoms with van der Waals surface area (Å²) in [4.78, 5) is 11.5. The van der Waals surface area contributed by atoms with Crippen molar-refractivity contribution in [2.75, 3.05) is 18.5 Å².